The molecule has 1 amide bonds. The number of benzene rings is 2. The summed E-state index contributed by atoms with van der Waals surface area (Å²) in [5.74, 6) is -0.467. The number of para-hydroxylation sites is 1. The van der Waals surface area contributed by atoms with Crippen LogP contribution in [0.15, 0.2) is 53.7 Å². The molecule has 0 fully saturated rings. The molecule has 0 saturated carbocycles. The predicted octanol–water partition coefficient (Wildman–Crippen LogP) is 4.98. The van der Waals surface area contributed by atoms with E-state index in [0.717, 1.165) is 11.1 Å². The van der Waals surface area contributed by atoms with Crippen LogP contribution in [0.1, 0.15) is 30.4 Å². The van der Waals surface area contributed by atoms with Gasteiger partial charge in [-0.15, -0.1) is 0 Å². The van der Waals surface area contributed by atoms with E-state index in [2.05, 4.69) is 0 Å². The van der Waals surface area contributed by atoms with E-state index < -0.39 is 11.9 Å². The van der Waals surface area contributed by atoms with Gasteiger partial charge in [-0.2, -0.15) is 0 Å². The van der Waals surface area contributed by atoms with E-state index in [1.54, 1.807) is 50.3 Å². The van der Waals surface area contributed by atoms with Crippen molar-refractivity contribution >= 4 is 35.1 Å². The number of amides is 1. The van der Waals surface area contributed by atoms with Crippen LogP contribution in [0.25, 0.3) is 0 Å². The van der Waals surface area contributed by atoms with E-state index in [1.165, 1.54) is 0 Å². The second kappa shape index (κ2) is 10.9. The molecule has 3 rings (SSSR count). The van der Waals surface area contributed by atoms with Gasteiger partial charge in [0, 0.05) is 37.3 Å². The summed E-state index contributed by atoms with van der Waals surface area (Å²) in [5.41, 5.74) is 2.42. The minimum absolute atomic E-state index is 0.0414. The fraction of sp³-hybridized carbons (Fsp3) is 0.333. The summed E-state index contributed by atoms with van der Waals surface area (Å²) in [5, 5.41) is 0.762. The minimum atomic E-state index is -0.501. The second-order valence-corrected chi connectivity index (χ2v) is 8.17. The number of hydrogen-bond donors (Lipinski definition) is 0. The fourth-order valence-electron chi connectivity index (χ4n) is 3.79. The van der Waals surface area contributed by atoms with E-state index in [9.17, 15) is 9.59 Å². The third kappa shape index (κ3) is 5.26. The molecule has 2 aromatic rings. The molecule has 0 aliphatic carbocycles. The Kier molecular flexibility index (Phi) is 8.18. The van der Waals surface area contributed by atoms with Gasteiger partial charge in [-0.1, -0.05) is 47.5 Å². The van der Waals surface area contributed by atoms with Crippen molar-refractivity contribution in [1.29, 1.82) is 0 Å². The van der Waals surface area contributed by atoms with Gasteiger partial charge in [0.2, 0.25) is 5.91 Å². The van der Waals surface area contributed by atoms with Crippen molar-refractivity contribution in [2.45, 2.75) is 25.9 Å². The summed E-state index contributed by atoms with van der Waals surface area (Å²) in [6.07, 6.45) is 0.109. The van der Waals surface area contributed by atoms with Crippen LogP contribution in [0.3, 0.4) is 0 Å². The standard InChI is InChI=1S/C24H25Cl2NO5/c1-15-23(24(29)32-14-17-6-4-5-7-21(17)31-3)18(13-22(28)27(15)10-11-30-2)16-8-9-19(25)20(26)12-16/h4-9,12,18H,10-11,13-14H2,1-3H3. The molecule has 1 aliphatic rings. The number of allylic oxidation sites excluding steroid dienone is 1. The van der Waals surface area contributed by atoms with Crippen LogP contribution in [-0.2, 0) is 25.7 Å². The zero-order valence-electron chi connectivity index (χ0n) is 18.2. The molecule has 0 aromatic heterocycles. The molecule has 32 heavy (non-hydrogen) atoms. The lowest BCUT2D eigenvalue weighted by Gasteiger charge is -2.34. The molecule has 170 valence electrons. The van der Waals surface area contributed by atoms with Crippen molar-refractivity contribution in [1.82, 2.24) is 4.90 Å². The molecule has 1 heterocycles. The topological polar surface area (TPSA) is 65.1 Å². The van der Waals surface area contributed by atoms with Gasteiger partial charge < -0.3 is 19.1 Å². The van der Waals surface area contributed by atoms with Gasteiger partial charge in [-0.3, -0.25) is 4.79 Å². The lowest BCUT2D eigenvalue weighted by molar-refractivity contribution is -0.141. The first kappa shape index (κ1) is 24.1. The maximum absolute atomic E-state index is 13.3. The van der Waals surface area contributed by atoms with Gasteiger partial charge >= 0.3 is 5.97 Å². The molecule has 8 heteroatoms. The van der Waals surface area contributed by atoms with Gasteiger partial charge in [0.05, 0.1) is 29.3 Å². The highest BCUT2D eigenvalue weighted by atomic mass is 35.5. The molecule has 2 aromatic carbocycles. The smallest absolute Gasteiger partial charge is 0.336 e. The number of halogens is 2. The number of methoxy groups -OCH3 is 2. The highest BCUT2D eigenvalue weighted by Crippen LogP contribution is 2.39. The Bertz CT molecular complexity index is 1040. The zero-order valence-corrected chi connectivity index (χ0v) is 19.7. The molecule has 0 spiro atoms. The predicted molar refractivity (Wildman–Crippen MR) is 123 cm³/mol. The Morgan fingerprint density at radius 2 is 1.88 bits per heavy atom. The number of ether oxygens (including phenoxy) is 3. The number of carbonyl (C=O) groups excluding carboxylic acids is 2. The molecule has 0 bridgehead atoms. The molecule has 1 aliphatic heterocycles. The van der Waals surface area contributed by atoms with Crippen molar-refractivity contribution in [2.75, 3.05) is 27.4 Å². The van der Waals surface area contributed by atoms with Crippen LogP contribution in [0.2, 0.25) is 10.0 Å². The zero-order chi connectivity index (χ0) is 23.3. The second-order valence-electron chi connectivity index (χ2n) is 7.36. The summed E-state index contributed by atoms with van der Waals surface area (Å²) in [7, 11) is 3.13. The van der Waals surface area contributed by atoms with Crippen LogP contribution < -0.4 is 4.74 Å². The molecule has 1 unspecified atom stereocenters. The fourth-order valence-corrected chi connectivity index (χ4v) is 4.10. The maximum atomic E-state index is 13.3. The van der Waals surface area contributed by atoms with E-state index >= 15 is 0 Å². The third-order valence-electron chi connectivity index (χ3n) is 5.46. The first-order valence-electron chi connectivity index (χ1n) is 10.1. The number of esters is 1. The number of rotatable bonds is 8. The molecular formula is C24H25Cl2NO5. The van der Waals surface area contributed by atoms with Gasteiger partial charge in [0.25, 0.3) is 0 Å². The summed E-state index contributed by atoms with van der Waals surface area (Å²) < 4.78 is 16.1. The lowest BCUT2D eigenvalue weighted by atomic mass is 9.83. The third-order valence-corrected chi connectivity index (χ3v) is 6.20. The van der Waals surface area contributed by atoms with Crippen molar-refractivity contribution in [3.8, 4) is 5.75 Å². The normalized spacial score (nSPS) is 16.3. The van der Waals surface area contributed by atoms with Crippen LogP contribution in [0.4, 0.5) is 0 Å². The minimum Gasteiger partial charge on any atom is -0.496 e. The summed E-state index contributed by atoms with van der Waals surface area (Å²) in [6.45, 7) is 2.49. The van der Waals surface area contributed by atoms with Gasteiger partial charge in [0.15, 0.2) is 0 Å². The Morgan fingerprint density at radius 1 is 1.12 bits per heavy atom. The molecule has 0 N–H and O–H groups in total. The molecule has 6 nitrogen and oxygen atoms in total. The SMILES string of the molecule is COCCN1C(=O)CC(c2ccc(Cl)c(Cl)c2)C(C(=O)OCc2ccccc2OC)=C1C. The summed E-state index contributed by atoms with van der Waals surface area (Å²) in [6, 6.07) is 12.5. The van der Waals surface area contributed by atoms with E-state index in [4.69, 9.17) is 37.4 Å². The Hall–Kier alpha value is -2.54. The number of hydrogen-bond acceptors (Lipinski definition) is 5. The van der Waals surface area contributed by atoms with Gasteiger partial charge in [0.1, 0.15) is 12.4 Å². The quantitative estimate of drug-likeness (QED) is 0.501. The Labute approximate surface area is 197 Å². The van der Waals surface area contributed by atoms with Gasteiger partial charge in [-0.05, 0) is 30.7 Å². The Balaban J connectivity index is 1.95. The average molecular weight is 478 g/mol. The molecule has 0 radical (unpaired) electrons. The van der Waals surface area contributed by atoms with Crippen molar-refractivity contribution in [3.05, 3.63) is 74.9 Å². The van der Waals surface area contributed by atoms with Crippen LogP contribution in [-0.4, -0.2) is 44.1 Å². The van der Waals surface area contributed by atoms with E-state index in [-0.39, 0.29) is 18.9 Å². The first-order valence-corrected chi connectivity index (χ1v) is 10.9. The average Bonchev–Trinajstić information content (AvgIpc) is 2.79. The van der Waals surface area contributed by atoms with Crippen molar-refractivity contribution in [2.24, 2.45) is 0 Å². The summed E-state index contributed by atoms with van der Waals surface area (Å²) >= 11 is 12.3. The summed E-state index contributed by atoms with van der Waals surface area (Å²) in [4.78, 5) is 27.7. The van der Waals surface area contributed by atoms with Crippen LogP contribution in [0, 0.1) is 0 Å². The van der Waals surface area contributed by atoms with Crippen molar-refractivity contribution in [3.63, 3.8) is 0 Å². The number of nitrogens with zero attached hydrogens (tertiary/aromatic N) is 1. The Morgan fingerprint density at radius 3 is 2.56 bits per heavy atom. The van der Waals surface area contributed by atoms with E-state index in [1.807, 2.05) is 18.2 Å². The number of carbonyl (C=O) groups is 2. The van der Waals surface area contributed by atoms with E-state index in [0.29, 0.717) is 40.2 Å². The highest BCUT2D eigenvalue weighted by molar-refractivity contribution is 6.42. The molecule has 1 atom stereocenters. The molecule has 0 saturated heterocycles. The monoisotopic (exact) mass is 477 g/mol. The largest absolute Gasteiger partial charge is 0.496 e. The first-order chi connectivity index (χ1) is 15.4. The highest BCUT2D eigenvalue weighted by Gasteiger charge is 2.37. The van der Waals surface area contributed by atoms with Gasteiger partial charge in [-0.25, -0.2) is 4.79 Å². The molecular weight excluding hydrogens is 453 g/mol. The van der Waals surface area contributed by atoms with Crippen LogP contribution >= 0.6 is 23.2 Å². The van der Waals surface area contributed by atoms with Crippen molar-refractivity contribution < 1.29 is 23.8 Å². The maximum Gasteiger partial charge on any atom is 0.336 e. The lowest BCUT2D eigenvalue weighted by Crippen LogP contribution is -2.40. The van der Waals surface area contributed by atoms with Crippen LogP contribution in [0.5, 0.6) is 5.75 Å².